The fourth-order valence-electron chi connectivity index (χ4n) is 2.05. The molecule has 0 aliphatic rings. The molecule has 0 aliphatic heterocycles. The van der Waals surface area contributed by atoms with Crippen LogP contribution in [0.1, 0.15) is 46.2 Å². The molecule has 1 aromatic heterocycles. The monoisotopic (exact) mass is 222 g/mol. The van der Waals surface area contributed by atoms with Gasteiger partial charge in [0.05, 0.1) is 0 Å². The van der Waals surface area contributed by atoms with E-state index in [4.69, 9.17) is 0 Å². The summed E-state index contributed by atoms with van der Waals surface area (Å²) in [5, 5.41) is 3.60. The van der Waals surface area contributed by atoms with E-state index in [0.717, 1.165) is 19.0 Å². The summed E-state index contributed by atoms with van der Waals surface area (Å²) in [6, 6.07) is 4.93. The van der Waals surface area contributed by atoms with Crippen molar-refractivity contribution in [2.45, 2.75) is 59.7 Å². The molecular weight excluding hydrogens is 196 g/mol. The van der Waals surface area contributed by atoms with Gasteiger partial charge in [-0.05, 0) is 38.3 Å². The zero-order chi connectivity index (χ0) is 12.0. The van der Waals surface area contributed by atoms with Gasteiger partial charge < -0.3 is 9.88 Å². The molecule has 0 aromatic carbocycles. The highest BCUT2D eigenvalue weighted by atomic mass is 15.0. The lowest BCUT2D eigenvalue weighted by molar-refractivity contribution is 0.408. The largest absolute Gasteiger partial charge is 0.351 e. The summed E-state index contributed by atoms with van der Waals surface area (Å²) in [7, 11) is 0. The molecule has 0 saturated heterocycles. The van der Waals surface area contributed by atoms with E-state index >= 15 is 0 Å². The fourth-order valence-corrected chi connectivity index (χ4v) is 2.05. The van der Waals surface area contributed by atoms with Crippen LogP contribution in [0.25, 0.3) is 0 Å². The molecule has 1 heterocycles. The van der Waals surface area contributed by atoms with Gasteiger partial charge in [0.15, 0.2) is 0 Å². The van der Waals surface area contributed by atoms with Crippen molar-refractivity contribution >= 4 is 0 Å². The molecule has 0 fully saturated rings. The highest BCUT2D eigenvalue weighted by molar-refractivity contribution is 5.06. The highest BCUT2D eigenvalue weighted by Crippen LogP contribution is 2.10. The Morgan fingerprint density at radius 1 is 1.31 bits per heavy atom. The van der Waals surface area contributed by atoms with Crippen molar-refractivity contribution in [3.8, 4) is 0 Å². The Labute approximate surface area is 100 Å². The molecule has 16 heavy (non-hydrogen) atoms. The average molecular weight is 222 g/mol. The normalized spacial score (nSPS) is 15.0. The van der Waals surface area contributed by atoms with Gasteiger partial charge in [0, 0.05) is 31.0 Å². The topological polar surface area (TPSA) is 17.0 Å². The van der Waals surface area contributed by atoms with Crippen LogP contribution in [0, 0.1) is 5.92 Å². The number of nitrogens with one attached hydrogen (secondary N) is 1. The third-order valence-electron chi connectivity index (χ3n) is 3.35. The van der Waals surface area contributed by atoms with Gasteiger partial charge in [0.25, 0.3) is 0 Å². The molecule has 0 amide bonds. The van der Waals surface area contributed by atoms with Crippen LogP contribution in [-0.2, 0) is 13.1 Å². The van der Waals surface area contributed by atoms with Gasteiger partial charge in [-0.25, -0.2) is 0 Å². The van der Waals surface area contributed by atoms with Crippen molar-refractivity contribution in [2.75, 3.05) is 0 Å². The lowest BCUT2D eigenvalue weighted by Crippen LogP contribution is -2.28. The molecule has 2 atom stereocenters. The molecule has 0 bridgehead atoms. The second kappa shape index (κ2) is 6.74. The Kier molecular flexibility index (Phi) is 5.61. The van der Waals surface area contributed by atoms with Crippen LogP contribution in [0.2, 0.25) is 0 Å². The molecule has 0 spiro atoms. The van der Waals surface area contributed by atoms with Crippen molar-refractivity contribution in [3.05, 3.63) is 24.0 Å². The van der Waals surface area contributed by atoms with Crippen LogP contribution < -0.4 is 5.32 Å². The van der Waals surface area contributed by atoms with E-state index < -0.39 is 0 Å². The minimum Gasteiger partial charge on any atom is -0.351 e. The first-order valence-electron chi connectivity index (χ1n) is 6.54. The number of rotatable bonds is 7. The maximum atomic E-state index is 3.60. The van der Waals surface area contributed by atoms with E-state index in [9.17, 15) is 0 Å². The molecule has 0 aliphatic carbocycles. The maximum Gasteiger partial charge on any atom is 0.0361 e. The van der Waals surface area contributed by atoms with Crippen molar-refractivity contribution in [1.29, 1.82) is 0 Å². The molecule has 92 valence electrons. The van der Waals surface area contributed by atoms with E-state index in [2.05, 4.69) is 55.9 Å². The predicted octanol–water partition coefficient (Wildman–Crippen LogP) is 3.42. The van der Waals surface area contributed by atoms with Crippen LogP contribution in [0.3, 0.4) is 0 Å². The standard InChI is InChI=1S/C14H26N2/c1-5-12(3)10-13(4)15-11-14-8-7-9-16(14)6-2/h7-9,12-13,15H,5-6,10-11H2,1-4H3. The van der Waals surface area contributed by atoms with Crippen molar-refractivity contribution in [2.24, 2.45) is 5.92 Å². The summed E-state index contributed by atoms with van der Waals surface area (Å²) in [6.45, 7) is 11.1. The highest BCUT2D eigenvalue weighted by Gasteiger charge is 2.07. The fraction of sp³-hybridized carbons (Fsp3) is 0.714. The van der Waals surface area contributed by atoms with Crippen LogP contribution in [0.5, 0.6) is 0 Å². The zero-order valence-electron chi connectivity index (χ0n) is 11.2. The molecule has 1 aromatic rings. The van der Waals surface area contributed by atoms with Crippen LogP contribution in [0.4, 0.5) is 0 Å². The third kappa shape index (κ3) is 4.01. The van der Waals surface area contributed by atoms with E-state index in [1.54, 1.807) is 0 Å². The first-order chi connectivity index (χ1) is 7.67. The first-order valence-corrected chi connectivity index (χ1v) is 6.54. The minimum absolute atomic E-state index is 0.607. The molecule has 1 rings (SSSR count). The second-order valence-electron chi connectivity index (χ2n) is 4.82. The SMILES string of the molecule is CCC(C)CC(C)NCc1cccn1CC. The molecule has 2 nitrogen and oxygen atoms in total. The predicted molar refractivity (Wildman–Crippen MR) is 70.5 cm³/mol. The van der Waals surface area contributed by atoms with Crippen LogP contribution >= 0.6 is 0 Å². The van der Waals surface area contributed by atoms with Gasteiger partial charge in [0.1, 0.15) is 0 Å². The van der Waals surface area contributed by atoms with Gasteiger partial charge >= 0.3 is 0 Å². The van der Waals surface area contributed by atoms with Gasteiger partial charge in [0.2, 0.25) is 0 Å². The Hall–Kier alpha value is -0.760. The Morgan fingerprint density at radius 2 is 2.06 bits per heavy atom. The Bertz CT molecular complexity index is 291. The molecule has 1 N–H and O–H groups in total. The van der Waals surface area contributed by atoms with Crippen LogP contribution in [-0.4, -0.2) is 10.6 Å². The molecule has 2 heteroatoms. The Morgan fingerprint density at radius 3 is 2.69 bits per heavy atom. The summed E-state index contributed by atoms with van der Waals surface area (Å²) in [5.74, 6) is 0.820. The van der Waals surface area contributed by atoms with Crippen molar-refractivity contribution < 1.29 is 0 Å². The lowest BCUT2D eigenvalue weighted by atomic mass is 10.0. The first kappa shape index (κ1) is 13.3. The maximum absolute atomic E-state index is 3.60. The summed E-state index contributed by atoms with van der Waals surface area (Å²) in [4.78, 5) is 0. The minimum atomic E-state index is 0.607. The van der Waals surface area contributed by atoms with E-state index in [0.29, 0.717) is 6.04 Å². The van der Waals surface area contributed by atoms with E-state index in [-0.39, 0.29) is 0 Å². The average Bonchev–Trinajstić information content (AvgIpc) is 2.73. The van der Waals surface area contributed by atoms with E-state index in [1.165, 1.54) is 18.5 Å². The summed E-state index contributed by atoms with van der Waals surface area (Å²) < 4.78 is 2.29. The third-order valence-corrected chi connectivity index (χ3v) is 3.35. The van der Waals surface area contributed by atoms with Crippen molar-refractivity contribution in [3.63, 3.8) is 0 Å². The van der Waals surface area contributed by atoms with Crippen LogP contribution in [0.15, 0.2) is 18.3 Å². The molecule has 2 unspecified atom stereocenters. The number of hydrogen-bond acceptors (Lipinski definition) is 1. The van der Waals surface area contributed by atoms with Gasteiger partial charge in [-0.15, -0.1) is 0 Å². The van der Waals surface area contributed by atoms with Gasteiger partial charge in [-0.2, -0.15) is 0 Å². The number of aryl methyl sites for hydroxylation is 1. The zero-order valence-corrected chi connectivity index (χ0v) is 11.2. The summed E-state index contributed by atoms with van der Waals surface area (Å²) >= 11 is 0. The smallest absolute Gasteiger partial charge is 0.0361 e. The number of nitrogens with zero attached hydrogens (tertiary/aromatic N) is 1. The molecular formula is C14H26N2. The van der Waals surface area contributed by atoms with Crippen molar-refractivity contribution in [1.82, 2.24) is 9.88 Å². The summed E-state index contributed by atoms with van der Waals surface area (Å²) in [5.41, 5.74) is 1.39. The summed E-state index contributed by atoms with van der Waals surface area (Å²) in [6.07, 6.45) is 4.69. The second-order valence-corrected chi connectivity index (χ2v) is 4.82. The Balaban J connectivity index is 2.34. The van der Waals surface area contributed by atoms with E-state index in [1.807, 2.05) is 0 Å². The molecule has 0 saturated carbocycles. The van der Waals surface area contributed by atoms with Gasteiger partial charge in [-0.3, -0.25) is 0 Å². The van der Waals surface area contributed by atoms with Gasteiger partial charge in [-0.1, -0.05) is 20.3 Å². The lowest BCUT2D eigenvalue weighted by Gasteiger charge is -2.18. The quantitative estimate of drug-likeness (QED) is 0.748. The number of aromatic nitrogens is 1. The number of hydrogen-bond donors (Lipinski definition) is 1. The molecule has 0 radical (unpaired) electrons.